The van der Waals surface area contributed by atoms with Crippen molar-refractivity contribution in [3.05, 3.63) is 110 Å². The van der Waals surface area contributed by atoms with Crippen molar-refractivity contribution in [2.45, 2.75) is 64.5 Å². The maximum Gasteiger partial charge on any atom is 0.250 e. The quantitative estimate of drug-likeness (QED) is 0.204. The first kappa shape index (κ1) is 32.1. The fraction of sp³-hybridized carbons (Fsp3) is 0.342. The Hall–Kier alpha value is -5.45. The van der Waals surface area contributed by atoms with Crippen LogP contribution in [0, 0.1) is 12.8 Å². The summed E-state index contributed by atoms with van der Waals surface area (Å²) in [7, 11) is 0. The van der Waals surface area contributed by atoms with Gasteiger partial charge in [0.15, 0.2) is 17.3 Å². The number of piperidine rings is 1. The molecular weight excluding hydrogens is 626 g/mol. The van der Waals surface area contributed by atoms with Crippen LogP contribution in [0.4, 0.5) is 0 Å². The number of nitrogens with one attached hydrogen (secondary N) is 1. The molecule has 3 N–H and O–H groups in total. The summed E-state index contributed by atoms with van der Waals surface area (Å²) in [4.78, 5) is 69.4. The SMILES string of the molecule is CC(=O)c1c(O)c(C)c(O)c2c1OC1=CC(=O)C(=C(C)NC(Cc3ccccc3)C(=O)N3CC4CC(C3)c3cccc(=O)n3C4)C(=O)C12C. The van der Waals surface area contributed by atoms with E-state index in [1.54, 1.807) is 19.1 Å². The van der Waals surface area contributed by atoms with Crippen molar-refractivity contribution in [1.82, 2.24) is 14.8 Å². The molecule has 3 aromatic rings. The van der Waals surface area contributed by atoms with Gasteiger partial charge in [0.05, 0.1) is 11.1 Å². The van der Waals surface area contributed by atoms with Gasteiger partial charge < -0.3 is 29.7 Å². The molecule has 1 fully saturated rings. The van der Waals surface area contributed by atoms with Gasteiger partial charge in [-0.25, -0.2) is 0 Å². The molecule has 0 radical (unpaired) electrons. The van der Waals surface area contributed by atoms with Gasteiger partial charge in [0.25, 0.3) is 5.56 Å². The maximum absolute atomic E-state index is 14.4. The molecule has 0 spiro atoms. The van der Waals surface area contributed by atoms with Crippen LogP contribution in [0.25, 0.3) is 0 Å². The Balaban J connectivity index is 1.25. The number of ketones is 3. The Labute approximate surface area is 282 Å². The zero-order valence-corrected chi connectivity index (χ0v) is 27.7. The van der Waals surface area contributed by atoms with Crippen molar-refractivity contribution < 1.29 is 34.1 Å². The van der Waals surface area contributed by atoms with Crippen LogP contribution in [-0.4, -0.2) is 62.1 Å². The third-order valence-corrected chi connectivity index (χ3v) is 10.5. The molecule has 2 aromatic carbocycles. The number of aromatic nitrogens is 1. The number of likely N-dealkylation sites (tertiary alicyclic amines) is 1. The predicted octanol–water partition coefficient (Wildman–Crippen LogP) is 3.58. The van der Waals surface area contributed by atoms with Crippen LogP contribution in [0.2, 0.25) is 0 Å². The number of rotatable bonds is 6. The number of nitrogens with zero attached hydrogens (tertiary/aromatic N) is 2. The topological polar surface area (TPSA) is 155 Å². The number of benzene rings is 2. The van der Waals surface area contributed by atoms with Crippen molar-refractivity contribution >= 4 is 23.3 Å². The van der Waals surface area contributed by atoms with E-state index in [1.165, 1.54) is 20.8 Å². The van der Waals surface area contributed by atoms with Crippen molar-refractivity contribution in [2.24, 2.45) is 5.92 Å². The molecule has 4 heterocycles. The predicted molar refractivity (Wildman–Crippen MR) is 178 cm³/mol. The number of Topliss-reactive ketones (excluding diaryl/α,β-unsaturated/α-hetero) is 2. The Morgan fingerprint density at radius 3 is 2.45 bits per heavy atom. The van der Waals surface area contributed by atoms with Crippen LogP contribution >= 0.6 is 0 Å². The maximum atomic E-state index is 14.4. The number of pyridine rings is 1. The molecule has 252 valence electrons. The van der Waals surface area contributed by atoms with E-state index in [2.05, 4.69) is 5.32 Å². The summed E-state index contributed by atoms with van der Waals surface area (Å²) >= 11 is 0. The first-order chi connectivity index (χ1) is 23.3. The molecule has 4 aliphatic rings. The second-order valence-electron chi connectivity index (χ2n) is 13.7. The van der Waals surface area contributed by atoms with Crippen LogP contribution in [0.1, 0.15) is 65.9 Å². The minimum absolute atomic E-state index is 0.00166. The van der Waals surface area contributed by atoms with Crippen molar-refractivity contribution in [3.8, 4) is 17.2 Å². The number of allylic oxidation sites excluding steroid dienone is 4. The van der Waals surface area contributed by atoms with Crippen molar-refractivity contribution in [1.29, 1.82) is 0 Å². The molecule has 1 aromatic heterocycles. The Bertz CT molecular complexity index is 2100. The second kappa shape index (κ2) is 11.6. The smallest absolute Gasteiger partial charge is 0.250 e. The summed E-state index contributed by atoms with van der Waals surface area (Å²) < 4.78 is 7.70. The number of amides is 1. The van der Waals surface area contributed by atoms with E-state index in [-0.39, 0.29) is 69.2 Å². The summed E-state index contributed by atoms with van der Waals surface area (Å²) in [6, 6.07) is 13.9. The number of ether oxygens (including phenoxy) is 1. The number of phenols is 2. The fourth-order valence-corrected chi connectivity index (χ4v) is 8.04. The fourth-order valence-electron chi connectivity index (χ4n) is 8.04. The number of carbonyl (C=O) groups excluding carboxylic acids is 4. The molecule has 3 aliphatic heterocycles. The third-order valence-electron chi connectivity index (χ3n) is 10.5. The molecule has 11 heteroatoms. The number of aromatic hydroxyl groups is 2. The summed E-state index contributed by atoms with van der Waals surface area (Å²) in [5, 5.41) is 25.1. The molecule has 1 aliphatic carbocycles. The van der Waals surface area contributed by atoms with Crippen molar-refractivity contribution in [2.75, 3.05) is 13.1 Å². The Kier molecular flexibility index (Phi) is 7.61. The lowest BCUT2D eigenvalue weighted by atomic mass is 9.70. The van der Waals surface area contributed by atoms with Gasteiger partial charge in [0.1, 0.15) is 40.0 Å². The molecule has 1 amide bonds. The molecule has 0 saturated carbocycles. The summed E-state index contributed by atoms with van der Waals surface area (Å²) in [6.45, 7) is 7.18. The average molecular weight is 664 g/mol. The molecule has 49 heavy (non-hydrogen) atoms. The molecule has 7 rings (SSSR count). The highest BCUT2D eigenvalue weighted by atomic mass is 16.5. The summed E-state index contributed by atoms with van der Waals surface area (Å²) in [5.74, 6) is -3.03. The monoisotopic (exact) mass is 663 g/mol. The highest BCUT2D eigenvalue weighted by Gasteiger charge is 2.56. The third kappa shape index (κ3) is 4.98. The van der Waals surface area contributed by atoms with E-state index >= 15 is 0 Å². The summed E-state index contributed by atoms with van der Waals surface area (Å²) in [6.07, 6.45) is 2.32. The van der Waals surface area contributed by atoms with Crippen molar-refractivity contribution in [3.63, 3.8) is 0 Å². The molecule has 2 bridgehead atoms. The second-order valence-corrected chi connectivity index (χ2v) is 13.7. The van der Waals surface area contributed by atoms with E-state index < -0.39 is 40.3 Å². The van der Waals surface area contributed by atoms with Crippen LogP contribution in [0.3, 0.4) is 0 Å². The van der Waals surface area contributed by atoms with Gasteiger partial charge in [0.2, 0.25) is 5.91 Å². The molecular formula is C38H37N3O8. The van der Waals surface area contributed by atoms with E-state index in [0.29, 0.717) is 19.6 Å². The first-order valence-electron chi connectivity index (χ1n) is 16.4. The van der Waals surface area contributed by atoms with Crippen LogP contribution in [0.15, 0.2) is 76.4 Å². The lowest BCUT2D eigenvalue weighted by molar-refractivity contribution is -0.136. The molecule has 4 atom stereocenters. The number of fused-ring (bicyclic) bond motifs is 7. The zero-order valence-electron chi connectivity index (χ0n) is 27.7. The largest absolute Gasteiger partial charge is 0.507 e. The number of hydrogen-bond acceptors (Lipinski definition) is 9. The van der Waals surface area contributed by atoms with Gasteiger partial charge in [-0.05, 0) is 51.7 Å². The Morgan fingerprint density at radius 2 is 1.73 bits per heavy atom. The van der Waals surface area contributed by atoms with Gasteiger partial charge in [-0.15, -0.1) is 0 Å². The zero-order chi connectivity index (χ0) is 34.9. The Morgan fingerprint density at radius 1 is 1.00 bits per heavy atom. The van der Waals surface area contributed by atoms with Crippen LogP contribution in [-0.2, 0) is 32.8 Å². The number of hydrogen-bond donors (Lipinski definition) is 3. The van der Waals surface area contributed by atoms with Gasteiger partial charge in [-0.2, -0.15) is 0 Å². The van der Waals surface area contributed by atoms with Crippen LogP contribution < -0.4 is 15.6 Å². The van der Waals surface area contributed by atoms with E-state index in [4.69, 9.17) is 4.74 Å². The summed E-state index contributed by atoms with van der Waals surface area (Å²) in [5.41, 5.74) is -0.120. The highest BCUT2D eigenvalue weighted by Crippen LogP contribution is 2.57. The molecule has 1 saturated heterocycles. The minimum atomic E-state index is -1.68. The lowest BCUT2D eigenvalue weighted by Gasteiger charge is -2.43. The molecule has 11 nitrogen and oxygen atoms in total. The first-order valence-corrected chi connectivity index (χ1v) is 16.4. The van der Waals surface area contributed by atoms with E-state index in [1.807, 2.05) is 45.9 Å². The minimum Gasteiger partial charge on any atom is -0.507 e. The van der Waals surface area contributed by atoms with Gasteiger partial charge >= 0.3 is 0 Å². The normalized spacial score (nSPS) is 23.8. The lowest BCUT2D eigenvalue weighted by Crippen LogP contribution is -2.54. The van der Waals surface area contributed by atoms with Crippen LogP contribution in [0.5, 0.6) is 17.2 Å². The molecule has 4 unspecified atom stereocenters. The van der Waals surface area contributed by atoms with Gasteiger partial charge in [-0.1, -0.05) is 36.4 Å². The van der Waals surface area contributed by atoms with Gasteiger partial charge in [-0.3, -0.25) is 24.0 Å². The highest BCUT2D eigenvalue weighted by molar-refractivity contribution is 6.31. The number of carbonyl (C=O) groups is 4. The van der Waals surface area contributed by atoms with E-state index in [9.17, 15) is 34.2 Å². The standard InChI is InChI=1S/C38H37N3O8/c1-19-33(45)31(21(3)42)35-32(34(19)46)38(4)28(49-35)15-27(43)30(36(38)47)20(2)39-25(14-22-9-6-5-7-10-22)37(48)40-16-23-13-24(18-40)26-11-8-12-29(44)41(26)17-23/h5-12,15,23-25,39,45-46H,13-14,16-18H2,1-4H3. The van der Waals surface area contributed by atoms with E-state index in [0.717, 1.165) is 23.8 Å². The average Bonchev–Trinajstić information content (AvgIpc) is 3.36. The number of phenolic OH excluding ortho intramolecular Hbond substituents is 2. The van der Waals surface area contributed by atoms with Gasteiger partial charge in [0, 0.05) is 61.1 Å².